The fraction of sp³-hybridized carbons (Fsp3) is 0.900. The van der Waals surface area contributed by atoms with Crippen LogP contribution in [-0.2, 0) is 14.2 Å². The van der Waals surface area contributed by atoms with Crippen molar-refractivity contribution in [3.63, 3.8) is 0 Å². The molecule has 0 aromatic heterocycles. The molecule has 0 aromatic rings. The molecule has 0 unspecified atom stereocenters. The zero-order chi connectivity index (χ0) is 20.8. The van der Waals surface area contributed by atoms with Crippen LogP contribution >= 0.6 is 0 Å². The van der Waals surface area contributed by atoms with Crippen LogP contribution in [0.2, 0.25) is 0 Å². The quantitative estimate of drug-likeness (QED) is 0.332. The second kappa shape index (κ2) is 13.6. The summed E-state index contributed by atoms with van der Waals surface area (Å²) in [5.74, 6) is 1.33. The fourth-order valence-corrected chi connectivity index (χ4v) is 2.81. The molecule has 1 aliphatic heterocycles. The van der Waals surface area contributed by atoms with Crippen LogP contribution in [0.3, 0.4) is 0 Å². The first-order chi connectivity index (χ1) is 13.4. The van der Waals surface area contributed by atoms with E-state index >= 15 is 0 Å². The number of guanidine groups is 1. The van der Waals surface area contributed by atoms with Gasteiger partial charge in [0.25, 0.3) is 0 Å². The van der Waals surface area contributed by atoms with E-state index in [1.807, 2.05) is 20.8 Å². The summed E-state index contributed by atoms with van der Waals surface area (Å²) in [6, 6.07) is 0. The Hall–Kier alpha value is -1.54. The summed E-state index contributed by atoms with van der Waals surface area (Å²) in [7, 11) is 1.67. The number of piperidine rings is 1. The van der Waals surface area contributed by atoms with Gasteiger partial charge in [-0.3, -0.25) is 4.99 Å². The highest BCUT2D eigenvalue weighted by Crippen LogP contribution is 2.19. The lowest BCUT2D eigenvalue weighted by Crippen LogP contribution is -2.42. The summed E-state index contributed by atoms with van der Waals surface area (Å²) in [4.78, 5) is 18.7. The fourth-order valence-electron chi connectivity index (χ4n) is 2.81. The third kappa shape index (κ3) is 11.3. The van der Waals surface area contributed by atoms with Crippen LogP contribution in [-0.4, -0.2) is 82.2 Å². The number of likely N-dealkylation sites (tertiary alicyclic amines) is 1. The van der Waals surface area contributed by atoms with E-state index in [4.69, 9.17) is 19.2 Å². The zero-order valence-corrected chi connectivity index (χ0v) is 18.4. The van der Waals surface area contributed by atoms with Gasteiger partial charge in [-0.05, 0) is 52.9 Å². The molecule has 1 aliphatic rings. The first-order valence-electron chi connectivity index (χ1n) is 10.4. The van der Waals surface area contributed by atoms with Crippen molar-refractivity contribution in [1.82, 2.24) is 15.5 Å². The Kier molecular flexibility index (Phi) is 11.9. The Bertz CT molecular complexity index is 458. The maximum Gasteiger partial charge on any atom is 0.410 e. The minimum atomic E-state index is -0.445. The van der Waals surface area contributed by atoms with Crippen LogP contribution < -0.4 is 10.6 Å². The van der Waals surface area contributed by atoms with Crippen molar-refractivity contribution in [3.8, 4) is 0 Å². The minimum Gasteiger partial charge on any atom is -0.444 e. The predicted molar refractivity (Wildman–Crippen MR) is 112 cm³/mol. The molecule has 0 radical (unpaired) electrons. The molecule has 0 spiro atoms. The van der Waals surface area contributed by atoms with Crippen molar-refractivity contribution < 1.29 is 19.0 Å². The number of aliphatic imine (C=N–C) groups is 1. The Morgan fingerprint density at radius 2 is 1.86 bits per heavy atom. The standard InChI is InChI=1S/C20H40N4O4/c1-6-21-18(22-10-7-13-27-15-14-26-5)23-16-17-8-11-24(12-9-17)19(25)28-20(2,3)4/h17H,6-16H2,1-5H3,(H2,21,22,23). The molecule has 0 saturated carbocycles. The van der Waals surface area contributed by atoms with Crippen LogP contribution in [0.25, 0.3) is 0 Å². The number of nitrogens with one attached hydrogen (secondary N) is 2. The molecule has 164 valence electrons. The van der Waals surface area contributed by atoms with Crippen molar-refractivity contribution >= 4 is 12.1 Å². The molecule has 1 rings (SSSR count). The molecule has 1 fully saturated rings. The third-order valence-electron chi connectivity index (χ3n) is 4.31. The molecule has 1 amide bonds. The van der Waals surface area contributed by atoms with E-state index in [9.17, 15) is 4.79 Å². The average molecular weight is 401 g/mol. The third-order valence-corrected chi connectivity index (χ3v) is 4.31. The Morgan fingerprint density at radius 1 is 1.14 bits per heavy atom. The van der Waals surface area contributed by atoms with Crippen molar-refractivity contribution in [3.05, 3.63) is 0 Å². The Labute approximate surface area is 170 Å². The molecule has 0 aliphatic carbocycles. The number of ether oxygens (including phenoxy) is 3. The number of amides is 1. The summed E-state index contributed by atoms with van der Waals surface area (Å²) in [6.07, 6.45) is 2.62. The maximum atomic E-state index is 12.1. The normalized spacial score (nSPS) is 16.2. The molecule has 28 heavy (non-hydrogen) atoms. The van der Waals surface area contributed by atoms with Gasteiger partial charge in [-0.25, -0.2) is 4.79 Å². The molecular weight excluding hydrogens is 360 g/mol. The highest BCUT2D eigenvalue weighted by atomic mass is 16.6. The first kappa shape index (κ1) is 24.5. The minimum absolute atomic E-state index is 0.211. The van der Waals surface area contributed by atoms with Gasteiger partial charge in [0.05, 0.1) is 13.2 Å². The number of carbonyl (C=O) groups is 1. The first-order valence-corrected chi connectivity index (χ1v) is 10.4. The second-order valence-corrected chi connectivity index (χ2v) is 8.02. The second-order valence-electron chi connectivity index (χ2n) is 8.02. The van der Waals surface area contributed by atoms with Gasteiger partial charge in [0, 0.05) is 46.4 Å². The van der Waals surface area contributed by atoms with E-state index in [0.29, 0.717) is 25.7 Å². The summed E-state index contributed by atoms with van der Waals surface area (Å²) in [6.45, 7) is 13.6. The average Bonchev–Trinajstić information content (AvgIpc) is 2.64. The summed E-state index contributed by atoms with van der Waals surface area (Å²) in [5, 5.41) is 6.63. The molecule has 0 bridgehead atoms. The molecule has 8 heteroatoms. The van der Waals surface area contributed by atoms with Gasteiger partial charge in [0.1, 0.15) is 5.60 Å². The summed E-state index contributed by atoms with van der Waals surface area (Å²) in [5.41, 5.74) is -0.445. The Morgan fingerprint density at radius 3 is 2.46 bits per heavy atom. The number of methoxy groups -OCH3 is 1. The van der Waals surface area contributed by atoms with Gasteiger partial charge in [0.15, 0.2) is 5.96 Å². The van der Waals surface area contributed by atoms with Gasteiger partial charge in [-0.1, -0.05) is 0 Å². The summed E-state index contributed by atoms with van der Waals surface area (Å²) < 4.78 is 15.9. The highest BCUT2D eigenvalue weighted by molar-refractivity contribution is 5.79. The van der Waals surface area contributed by atoms with Crippen LogP contribution in [0.4, 0.5) is 4.79 Å². The monoisotopic (exact) mass is 400 g/mol. The molecular formula is C20H40N4O4. The molecule has 1 saturated heterocycles. The van der Waals surface area contributed by atoms with E-state index in [1.165, 1.54) is 0 Å². The lowest BCUT2D eigenvalue weighted by molar-refractivity contribution is 0.0187. The molecule has 0 aromatic carbocycles. The van der Waals surface area contributed by atoms with Gasteiger partial charge in [-0.15, -0.1) is 0 Å². The van der Waals surface area contributed by atoms with Crippen molar-refractivity contribution in [2.45, 2.75) is 52.6 Å². The molecule has 1 heterocycles. The van der Waals surface area contributed by atoms with Crippen molar-refractivity contribution in [2.75, 3.05) is 59.7 Å². The van der Waals surface area contributed by atoms with Crippen molar-refractivity contribution in [1.29, 1.82) is 0 Å². The van der Waals surface area contributed by atoms with Gasteiger partial charge in [0.2, 0.25) is 0 Å². The largest absolute Gasteiger partial charge is 0.444 e. The molecule has 0 atom stereocenters. The van der Waals surface area contributed by atoms with E-state index in [-0.39, 0.29) is 6.09 Å². The zero-order valence-electron chi connectivity index (χ0n) is 18.4. The van der Waals surface area contributed by atoms with Crippen LogP contribution in [0, 0.1) is 5.92 Å². The SMILES string of the molecule is CCNC(=NCC1CCN(C(=O)OC(C)(C)C)CC1)NCCCOCCOC. The number of hydrogen-bond acceptors (Lipinski definition) is 5. The topological polar surface area (TPSA) is 84.4 Å². The lowest BCUT2D eigenvalue weighted by atomic mass is 9.97. The van der Waals surface area contributed by atoms with Gasteiger partial charge in [-0.2, -0.15) is 0 Å². The van der Waals surface area contributed by atoms with Crippen LogP contribution in [0.1, 0.15) is 47.0 Å². The molecule has 2 N–H and O–H groups in total. The smallest absolute Gasteiger partial charge is 0.410 e. The number of carbonyl (C=O) groups excluding carboxylic acids is 1. The van der Waals surface area contributed by atoms with Crippen LogP contribution in [0.5, 0.6) is 0 Å². The lowest BCUT2D eigenvalue weighted by Gasteiger charge is -2.33. The molecule has 8 nitrogen and oxygen atoms in total. The van der Waals surface area contributed by atoms with Crippen LogP contribution in [0.15, 0.2) is 4.99 Å². The van der Waals surface area contributed by atoms with Gasteiger partial charge < -0.3 is 29.7 Å². The van der Waals surface area contributed by atoms with E-state index < -0.39 is 5.60 Å². The summed E-state index contributed by atoms with van der Waals surface area (Å²) >= 11 is 0. The van der Waals surface area contributed by atoms with E-state index in [2.05, 4.69) is 17.6 Å². The highest BCUT2D eigenvalue weighted by Gasteiger charge is 2.26. The van der Waals surface area contributed by atoms with Crippen molar-refractivity contribution in [2.24, 2.45) is 10.9 Å². The Balaban J connectivity index is 2.28. The predicted octanol–water partition coefficient (Wildman–Crippen LogP) is 2.24. The number of rotatable bonds is 10. The maximum absolute atomic E-state index is 12.1. The van der Waals surface area contributed by atoms with E-state index in [0.717, 1.165) is 57.9 Å². The number of nitrogens with zero attached hydrogens (tertiary/aromatic N) is 2. The van der Waals surface area contributed by atoms with E-state index in [1.54, 1.807) is 12.0 Å². The van der Waals surface area contributed by atoms with Gasteiger partial charge >= 0.3 is 6.09 Å². The number of hydrogen-bond donors (Lipinski definition) is 2.